The molecule has 0 unspecified atom stereocenters. The van der Waals surface area contributed by atoms with Crippen LogP contribution in [0.5, 0.6) is 5.75 Å². The number of halogens is 3. The van der Waals surface area contributed by atoms with Crippen LogP contribution in [0, 0.1) is 29.8 Å². The number of aromatic nitrogens is 1. The second-order valence-electron chi connectivity index (χ2n) is 9.90. The molecule has 1 saturated heterocycles. The largest absolute Gasteiger partial charge is 0.497 e. The first-order valence-electron chi connectivity index (χ1n) is 12.7. The van der Waals surface area contributed by atoms with Crippen molar-refractivity contribution in [1.82, 2.24) is 15.4 Å². The van der Waals surface area contributed by atoms with Crippen LogP contribution in [0.2, 0.25) is 0 Å². The van der Waals surface area contributed by atoms with Crippen molar-refractivity contribution < 1.29 is 33.0 Å². The summed E-state index contributed by atoms with van der Waals surface area (Å²) in [6, 6.07) is 6.97. The van der Waals surface area contributed by atoms with E-state index < -0.39 is 34.9 Å². The monoisotopic (exact) mass is 563 g/mol. The first kappa shape index (κ1) is 29.1. The number of thioether (sulfide) groups is 1. The SMILES string of the molecule is COc1ccc2ncc(C)c([C@H](O)CCC3(C(=O)NO)CCN(CCSc4cc(F)cc(F)c4F)CC3)c2c1. The van der Waals surface area contributed by atoms with Gasteiger partial charge in [-0.05, 0) is 81.1 Å². The number of piperidine rings is 1. The smallest absolute Gasteiger partial charge is 0.249 e. The summed E-state index contributed by atoms with van der Waals surface area (Å²) in [5.41, 5.74) is 3.22. The normalized spacial score (nSPS) is 16.3. The summed E-state index contributed by atoms with van der Waals surface area (Å²) in [6.45, 7) is 3.49. The van der Waals surface area contributed by atoms with Gasteiger partial charge in [-0.2, -0.15) is 0 Å². The van der Waals surface area contributed by atoms with Crippen molar-refractivity contribution >= 4 is 28.6 Å². The van der Waals surface area contributed by atoms with Crippen LogP contribution in [-0.4, -0.2) is 58.6 Å². The van der Waals surface area contributed by atoms with Crippen molar-refractivity contribution in [2.45, 2.75) is 43.6 Å². The fraction of sp³-hybridized carbons (Fsp3) is 0.429. The summed E-state index contributed by atoms with van der Waals surface area (Å²) >= 11 is 1.03. The predicted molar refractivity (Wildman–Crippen MR) is 142 cm³/mol. The van der Waals surface area contributed by atoms with Gasteiger partial charge >= 0.3 is 0 Å². The van der Waals surface area contributed by atoms with Gasteiger partial charge in [0.2, 0.25) is 5.91 Å². The summed E-state index contributed by atoms with van der Waals surface area (Å²) in [4.78, 5) is 19.3. The summed E-state index contributed by atoms with van der Waals surface area (Å²) in [6.07, 6.45) is 2.40. The Hall–Kier alpha value is -2.86. The molecule has 0 aliphatic carbocycles. The Balaban J connectivity index is 1.40. The Morgan fingerprint density at radius 1 is 1.23 bits per heavy atom. The first-order chi connectivity index (χ1) is 18.7. The summed E-state index contributed by atoms with van der Waals surface area (Å²) < 4.78 is 46.2. The molecule has 0 bridgehead atoms. The molecular formula is C28H32F3N3O4S. The number of nitrogens with zero attached hydrogens (tertiary/aromatic N) is 2. The zero-order valence-corrected chi connectivity index (χ0v) is 22.7. The average Bonchev–Trinajstić information content (AvgIpc) is 2.94. The molecule has 3 aromatic rings. The summed E-state index contributed by atoms with van der Waals surface area (Å²) in [5, 5.41) is 21.5. The van der Waals surface area contributed by atoms with E-state index in [0.717, 1.165) is 39.9 Å². The second kappa shape index (κ2) is 12.5. The van der Waals surface area contributed by atoms with Crippen LogP contribution in [0.15, 0.2) is 41.4 Å². The van der Waals surface area contributed by atoms with Crippen molar-refractivity contribution in [2.24, 2.45) is 5.41 Å². The number of carbonyl (C=O) groups excluding carboxylic acids is 1. The Labute approximate surface area is 229 Å². The molecule has 210 valence electrons. The highest BCUT2D eigenvalue weighted by atomic mass is 32.2. The van der Waals surface area contributed by atoms with Gasteiger partial charge in [-0.1, -0.05) is 0 Å². The highest BCUT2D eigenvalue weighted by Gasteiger charge is 2.41. The number of pyridine rings is 1. The number of ether oxygens (including phenoxy) is 1. The number of rotatable bonds is 10. The fourth-order valence-corrected chi connectivity index (χ4v) is 6.24. The Morgan fingerprint density at radius 2 is 1.97 bits per heavy atom. The van der Waals surface area contributed by atoms with Gasteiger partial charge in [0, 0.05) is 34.8 Å². The lowest BCUT2D eigenvalue weighted by atomic mass is 9.73. The lowest BCUT2D eigenvalue weighted by Crippen LogP contribution is -2.48. The molecule has 11 heteroatoms. The average molecular weight is 564 g/mol. The number of benzene rings is 2. The Bertz CT molecular complexity index is 1340. The van der Waals surface area contributed by atoms with Crippen LogP contribution in [0.25, 0.3) is 10.9 Å². The van der Waals surface area contributed by atoms with Gasteiger partial charge in [0.15, 0.2) is 11.6 Å². The topological polar surface area (TPSA) is 94.9 Å². The molecule has 2 aromatic carbocycles. The highest BCUT2D eigenvalue weighted by molar-refractivity contribution is 7.99. The number of aryl methyl sites for hydroxylation is 1. The predicted octanol–water partition coefficient (Wildman–Crippen LogP) is 5.16. The van der Waals surface area contributed by atoms with E-state index in [1.807, 2.05) is 24.5 Å². The number of aliphatic hydroxyl groups is 1. The van der Waals surface area contributed by atoms with E-state index >= 15 is 0 Å². The molecule has 1 aromatic heterocycles. The number of nitrogens with one attached hydrogen (secondary N) is 1. The maximum Gasteiger partial charge on any atom is 0.249 e. The Morgan fingerprint density at radius 3 is 2.67 bits per heavy atom. The minimum atomic E-state index is -1.22. The van der Waals surface area contributed by atoms with Crippen LogP contribution >= 0.6 is 11.8 Å². The lowest BCUT2D eigenvalue weighted by Gasteiger charge is -2.40. The van der Waals surface area contributed by atoms with Gasteiger partial charge in [-0.25, -0.2) is 18.7 Å². The fourth-order valence-electron chi connectivity index (χ4n) is 5.25. The van der Waals surface area contributed by atoms with Crippen molar-refractivity contribution in [3.8, 4) is 5.75 Å². The molecule has 1 aliphatic heterocycles. The van der Waals surface area contributed by atoms with Crippen molar-refractivity contribution in [3.05, 3.63) is 65.1 Å². The van der Waals surface area contributed by atoms with Gasteiger partial charge in [0.05, 0.1) is 24.1 Å². The van der Waals surface area contributed by atoms with Gasteiger partial charge in [0.25, 0.3) is 0 Å². The minimum Gasteiger partial charge on any atom is -0.497 e. The molecule has 4 rings (SSSR count). The number of hydrogen-bond acceptors (Lipinski definition) is 7. The van der Waals surface area contributed by atoms with E-state index in [1.54, 1.807) is 19.4 Å². The molecule has 39 heavy (non-hydrogen) atoms. The summed E-state index contributed by atoms with van der Waals surface area (Å²) in [7, 11) is 1.57. The molecule has 1 aliphatic rings. The number of fused-ring (bicyclic) bond motifs is 1. The zero-order chi connectivity index (χ0) is 28.2. The van der Waals surface area contributed by atoms with E-state index in [9.17, 15) is 28.3 Å². The molecule has 3 N–H and O–H groups in total. The number of hydrogen-bond donors (Lipinski definition) is 3. The minimum absolute atomic E-state index is 0.0796. The molecular weight excluding hydrogens is 531 g/mol. The van der Waals surface area contributed by atoms with Gasteiger partial charge < -0.3 is 14.7 Å². The molecule has 0 spiro atoms. The van der Waals surface area contributed by atoms with E-state index in [4.69, 9.17) is 4.74 Å². The first-order valence-corrected chi connectivity index (χ1v) is 13.7. The molecule has 1 atom stereocenters. The number of likely N-dealkylation sites (tertiary alicyclic amines) is 1. The quantitative estimate of drug-likeness (QED) is 0.136. The van der Waals surface area contributed by atoms with Crippen molar-refractivity contribution in [1.29, 1.82) is 0 Å². The highest BCUT2D eigenvalue weighted by Crippen LogP contribution is 2.40. The number of methoxy groups -OCH3 is 1. The maximum absolute atomic E-state index is 13.9. The van der Waals surface area contributed by atoms with Gasteiger partial charge in [-0.3, -0.25) is 15.0 Å². The van der Waals surface area contributed by atoms with Gasteiger partial charge in [0.1, 0.15) is 11.6 Å². The van der Waals surface area contributed by atoms with Crippen LogP contribution in [0.3, 0.4) is 0 Å². The van der Waals surface area contributed by atoms with Crippen LogP contribution < -0.4 is 10.2 Å². The van der Waals surface area contributed by atoms with Crippen molar-refractivity contribution in [3.63, 3.8) is 0 Å². The lowest BCUT2D eigenvalue weighted by molar-refractivity contribution is -0.143. The maximum atomic E-state index is 13.9. The standard InChI is InChI=1S/C28H32F3N3O4S/c1-17-16-32-22-4-3-19(38-2)15-20(22)25(17)23(35)5-6-28(27(36)33-37)7-9-34(10-8-28)11-12-39-24-14-18(29)13-21(30)26(24)31/h3-4,13-16,23,35,37H,5-12H2,1-2H3,(H,33,36)/t23-/m1/s1. The number of carbonyl (C=O) groups is 1. The molecule has 2 heterocycles. The third-order valence-corrected chi connectivity index (χ3v) is 8.56. The third-order valence-electron chi connectivity index (χ3n) is 7.57. The van der Waals surface area contributed by atoms with E-state index in [1.165, 1.54) is 0 Å². The van der Waals surface area contributed by atoms with E-state index in [-0.39, 0.29) is 4.90 Å². The molecule has 1 amide bonds. The van der Waals surface area contributed by atoms with Gasteiger partial charge in [-0.15, -0.1) is 11.8 Å². The van der Waals surface area contributed by atoms with Crippen LogP contribution in [-0.2, 0) is 4.79 Å². The Kier molecular flexibility index (Phi) is 9.37. The summed E-state index contributed by atoms with van der Waals surface area (Å²) in [5.74, 6) is -2.53. The number of hydroxylamine groups is 1. The van der Waals surface area contributed by atoms with E-state index in [2.05, 4.69) is 9.88 Å². The molecule has 0 saturated carbocycles. The second-order valence-corrected chi connectivity index (χ2v) is 11.0. The zero-order valence-electron chi connectivity index (χ0n) is 21.8. The number of amides is 1. The molecule has 7 nitrogen and oxygen atoms in total. The van der Waals surface area contributed by atoms with Crippen LogP contribution in [0.1, 0.15) is 42.9 Å². The molecule has 1 fully saturated rings. The third kappa shape index (κ3) is 6.49. The molecule has 0 radical (unpaired) electrons. The van der Waals surface area contributed by atoms with E-state index in [0.29, 0.717) is 62.9 Å². The van der Waals surface area contributed by atoms with Crippen molar-refractivity contribution in [2.75, 3.05) is 32.5 Å². The van der Waals surface area contributed by atoms with Crippen LogP contribution in [0.4, 0.5) is 13.2 Å². The number of aliphatic hydroxyl groups excluding tert-OH is 1.